The zero-order valence-corrected chi connectivity index (χ0v) is 45.2. The lowest BCUT2D eigenvalue weighted by Gasteiger charge is -2.33. The first-order chi connectivity index (χ1) is 38.3. The Bertz CT molecular complexity index is 4300. The molecular weight excluding hydrogens is 966 g/mol. The molecule has 0 amide bonds. The molecule has 1 atom stereocenters. The van der Waals surface area contributed by atoms with Crippen LogP contribution in [-0.4, -0.2) is 4.98 Å². The first-order valence-corrected chi connectivity index (χ1v) is 27.4. The fourth-order valence-electron chi connectivity index (χ4n) is 12.6. The van der Waals surface area contributed by atoms with E-state index >= 15 is 4.39 Å². The van der Waals surface area contributed by atoms with Crippen LogP contribution in [0.1, 0.15) is 74.9 Å². The van der Waals surface area contributed by atoms with Gasteiger partial charge in [-0.05, 0) is 174 Å². The number of furan rings is 1. The number of fused-ring (bicyclic) bond motifs is 14. The zero-order valence-electron chi connectivity index (χ0n) is 45.2. The molecule has 4 nitrogen and oxygen atoms in total. The lowest BCUT2D eigenvalue weighted by molar-refractivity contribution is 0.590. The molecule has 10 aromatic carbocycles. The van der Waals surface area contributed by atoms with Gasteiger partial charge in [-0.25, -0.2) is 9.37 Å². The van der Waals surface area contributed by atoms with Gasteiger partial charge in [0.25, 0.3) is 0 Å². The van der Waals surface area contributed by atoms with Gasteiger partial charge in [0.05, 0.1) is 21.9 Å². The fraction of sp³-hybridized carbons (Fsp3) is 0.122. The monoisotopic (exact) mass is 1020 g/mol. The number of anilines is 6. The number of aromatic nitrogens is 1. The van der Waals surface area contributed by atoms with Gasteiger partial charge >= 0.3 is 0 Å². The lowest BCUT2D eigenvalue weighted by atomic mass is 9.70. The van der Waals surface area contributed by atoms with Gasteiger partial charge in [-0.3, -0.25) is 0 Å². The second-order valence-electron chi connectivity index (χ2n) is 23.3. The van der Waals surface area contributed by atoms with Crippen molar-refractivity contribution in [2.45, 2.75) is 57.8 Å². The maximum absolute atomic E-state index is 16.6. The van der Waals surface area contributed by atoms with E-state index in [-0.39, 0.29) is 16.6 Å². The van der Waals surface area contributed by atoms with Crippen molar-refractivity contribution < 1.29 is 8.81 Å². The van der Waals surface area contributed by atoms with Crippen molar-refractivity contribution in [1.82, 2.24) is 4.98 Å². The van der Waals surface area contributed by atoms with Crippen molar-refractivity contribution in [3.63, 3.8) is 0 Å². The van der Waals surface area contributed by atoms with E-state index in [1.54, 1.807) is 18.3 Å². The summed E-state index contributed by atoms with van der Waals surface area (Å²) < 4.78 is 23.8. The van der Waals surface area contributed by atoms with E-state index in [0.29, 0.717) is 5.71 Å². The average Bonchev–Trinajstić information content (AvgIpc) is 1.92. The van der Waals surface area contributed by atoms with E-state index in [2.05, 4.69) is 264 Å². The molecule has 79 heavy (non-hydrogen) atoms. The van der Waals surface area contributed by atoms with Crippen LogP contribution in [0.4, 0.5) is 38.5 Å². The number of halogens is 1. The van der Waals surface area contributed by atoms with E-state index in [1.165, 1.54) is 11.1 Å². The van der Waals surface area contributed by atoms with Gasteiger partial charge in [0.2, 0.25) is 5.71 Å². The third kappa shape index (κ3) is 7.74. The van der Waals surface area contributed by atoms with Crippen molar-refractivity contribution >= 4 is 56.2 Å². The van der Waals surface area contributed by atoms with Crippen molar-refractivity contribution in [1.29, 1.82) is 0 Å². The fourth-order valence-corrected chi connectivity index (χ4v) is 12.6. The summed E-state index contributed by atoms with van der Waals surface area (Å²) in [6.07, 6.45) is 1.80. The topological polar surface area (TPSA) is 32.5 Å². The van der Waals surface area contributed by atoms with Gasteiger partial charge in [-0.2, -0.15) is 0 Å². The van der Waals surface area contributed by atoms with Crippen LogP contribution in [0.15, 0.2) is 247 Å². The van der Waals surface area contributed by atoms with Gasteiger partial charge < -0.3 is 14.2 Å². The Kier molecular flexibility index (Phi) is 11.0. The maximum atomic E-state index is 16.6. The molecule has 0 saturated heterocycles. The van der Waals surface area contributed by atoms with E-state index in [4.69, 9.17) is 9.40 Å². The number of benzene rings is 10. The number of hydrogen-bond donors (Lipinski definition) is 0. The highest BCUT2D eigenvalue weighted by atomic mass is 19.1. The molecule has 5 heteroatoms. The number of pyridine rings is 1. The second-order valence-corrected chi connectivity index (χ2v) is 23.3. The SMILES string of the molecule is CC(C)(C)c1ccc(N(c2ccc(-c3ccccc3)cc2)c2ccc3c(c2)C2(c4ccccc4-c4ccc(F)cc42)c2cc(N(c4ccc(-c5ccccc5)cc4)c4ccc(C(C)(C)C)cc4)c4c(oc5ncccc54)c2-3)cc1. The molecule has 0 bridgehead atoms. The van der Waals surface area contributed by atoms with Crippen molar-refractivity contribution in [3.8, 4) is 44.5 Å². The highest BCUT2D eigenvalue weighted by Gasteiger charge is 2.54. The minimum Gasteiger partial charge on any atom is -0.437 e. The number of nitrogens with zero attached hydrogens (tertiary/aromatic N) is 3. The standard InChI is InChI=1S/C74H58FN3O/c1-72(2,3)51-27-36-55(37-28-51)77(54-32-23-49(24-33-54)47-16-9-7-10-17-47)58-40-42-61-65(45-58)74(63-22-14-13-20-59(63)60-41-31-53(75)44-64(60)74)66-46-67(69-62-21-15-43-76-71(62)79-70(69)68(61)66)78(57-38-29-52(30-39-57)73(4,5)6)56-34-25-50(26-35-56)48-18-11-8-12-19-48/h7-46H,1-6H3. The maximum Gasteiger partial charge on any atom is 0.227 e. The van der Waals surface area contributed by atoms with E-state index in [9.17, 15) is 0 Å². The summed E-state index contributed by atoms with van der Waals surface area (Å²) >= 11 is 0. The summed E-state index contributed by atoms with van der Waals surface area (Å²) in [4.78, 5) is 9.65. The average molecular weight is 1020 g/mol. The normalized spacial score (nSPS) is 14.3. The van der Waals surface area contributed by atoms with Gasteiger partial charge in [0, 0.05) is 40.2 Å². The highest BCUT2D eigenvalue weighted by Crippen LogP contribution is 2.66. The Morgan fingerprint density at radius 3 is 1.47 bits per heavy atom. The number of rotatable bonds is 8. The zero-order chi connectivity index (χ0) is 53.8. The number of hydrogen-bond acceptors (Lipinski definition) is 4. The van der Waals surface area contributed by atoms with Crippen LogP contribution < -0.4 is 9.80 Å². The lowest BCUT2D eigenvalue weighted by Crippen LogP contribution is -2.27. The second kappa shape index (κ2) is 18.1. The van der Waals surface area contributed by atoms with Crippen LogP contribution in [-0.2, 0) is 16.2 Å². The molecule has 0 saturated carbocycles. The molecule has 2 aromatic heterocycles. The molecule has 2 aliphatic rings. The van der Waals surface area contributed by atoms with Crippen molar-refractivity contribution in [2.24, 2.45) is 0 Å². The van der Waals surface area contributed by atoms with Crippen LogP contribution in [0.2, 0.25) is 0 Å². The summed E-state index contributed by atoms with van der Waals surface area (Å²) in [7, 11) is 0. The Labute approximate surface area is 461 Å². The Morgan fingerprint density at radius 1 is 0.405 bits per heavy atom. The predicted molar refractivity (Wildman–Crippen MR) is 325 cm³/mol. The van der Waals surface area contributed by atoms with Crippen LogP contribution in [0.25, 0.3) is 66.6 Å². The molecule has 2 heterocycles. The Morgan fingerprint density at radius 2 is 0.886 bits per heavy atom. The van der Waals surface area contributed by atoms with Gasteiger partial charge in [0.15, 0.2) is 0 Å². The molecule has 1 unspecified atom stereocenters. The molecule has 14 rings (SSSR count). The summed E-state index contributed by atoms with van der Waals surface area (Å²) in [5.41, 5.74) is 21.4. The third-order valence-electron chi connectivity index (χ3n) is 16.5. The van der Waals surface area contributed by atoms with E-state index in [0.717, 1.165) is 117 Å². The highest BCUT2D eigenvalue weighted by molar-refractivity contribution is 6.19. The summed E-state index contributed by atoms with van der Waals surface area (Å²) in [5.74, 6) is -0.288. The predicted octanol–water partition coefficient (Wildman–Crippen LogP) is 20.3. The van der Waals surface area contributed by atoms with Gasteiger partial charge in [-0.1, -0.05) is 187 Å². The summed E-state index contributed by atoms with van der Waals surface area (Å²) in [6.45, 7) is 13.5. The smallest absolute Gasteiger partial charge is 0.227 e. The minimum absolute atomic E-state index is 0.0294. The molecule has 382 valence electrons. The Hall–Kier alpha value is -9.32. The molecule has 2 aliphatic carbocycles. The first-order valence-electron chi connectivity index (χ1n) is 27.4. The van der Waals surface area contributed by atoms with E-state index < -0.39 is 5.41 Å². The molecule has 1 spiro atoms. The van der Waals surface area contributed by atoms with Crippen LogP contribution >= 0.6 is 0 Å². The Balaban J connectivity index is 1.06. The van der Waals surface area contributed by atoms with Crippen LogP contribution in [0.3, 0.4) is 0 Å². The third-order valence-corrected chi connectivity index (χ3v) is 16.5. The van der Waals surface area contributed by atoms with Crippen molar-refractivity contribution in [3.05, 3.63) is 282 Å². The largest absolute Gasteiger partial charge is 0.437 e. The minimum atomic E-state index is -0.984. The molecule has 0 radical (unpaired) electrons. The van der Waals surface area contributed by atoms with Crippen molar-refractivity contribution in [2.75, 3.05) is 9.80 Å². The van der Waals surface area contributed by atoms with Crippen LogP contribution in [0, 0.1) is 5.82 Å². The molecular formula is C74H58FN3O. The quantitative estimate of drug-likeness (QED) is 0.152. The summed E-state index contributed by atoms with van der Waals surface area (Å²) in [6, 6.07) is 84.2. The van der Waals surface area contributed by atoms with E-state index in [1.807, 2.05) is 12.1 Å². The molecule has 12 aromatic rings. The van der Waals surface area contributed by atoms with Crippen LogP contribution in [0.5, 0.6) is 0 Å². The summed E-state index contributed by atoms with van der Waals surface area (Å²) in [5, 5.41) is 1.86. The van der Waals surface area contributed by atoms with Gasteiger partial charge in [0.1, 0.15) is 11.4 Å². The molecule has 0 aliphatic heterocycles. The first kappa shape index (κ1) is 48.1. The van der Waals surface area contributed by atoms with Gasteiger partial charge in [-0.15, -0.1) is 0 Å². The molecule has 0 N–H and O–H groups in total. The molecule has 0 fully saturated rings.